The molecule has 0 aliphatic heterocycles. The van der Waals surface area contributed by atoms with E-state index in [9.17, 15) is 9.59 Å². The zero-order chi connectivity index (χ0) is 12.0. The molecular weight excluding hydrogens is 210 g/mol. The minimum atomic E-state index is -0.367. The predicted octanol–water partition coefficient (Wildman–Crippen LogP) is -0.610. The number of aromatic nitrogens is 2. The molecule has 16 heavy (non-hydrogen) atoms. The molecule has 0 aliphatic carbocycles. The van der Waals surface area contributed by atoms with Gasteiger partial charge in [0.05, 0.1) is 6.61 Å². The second-order valence-electron chi connectivity index (χ2n) is 3.07. The largest absolute Gasteiger partial charge is 0.395 e. The Hall–Kier alpha value is -1.95. The van der Waals surface area contributed by atoms with Crippen molar-refractivity contribution in [2.24, 2.45) is 0 Å². The van der Waals surface area contributed by atoms with Crippen molar-refractivity contribution in [2.75, 3.05) is 19.7 Å². The number of nitrogens with zero attached hydrogens (tertiary/aromatic N) is 2. The molecule has 0 atom stereocenters. The maximum atomic E-state index is 11.8. The Morgan fingerprint density at radius 2 is 2.38 bits per heavy atom. The molecule has 0 spiro atoms. The van der Waals surface area contributed by atoms with Gasteiger partial charge in [-0.1, -0.05) is 6.08 Å². The minimum Gasteiger partial charge on any atom is -0.395 e. The second kappa shape index (κ2) is 5.82. The van der Waals surface area contributed by atoms with Crippen LogP contribution in [-0.4, -0.2) is 45.8 Å². The number of hydrogen-bond donors (Lipinski definition) is 2. The molecule has 6 nitrogen and oxygen atoms in total. The number of aliphatic hydroxyl groups excluding tert-OH is 1. The van der Waals surface area contributed by atoms with Gasteiger partial charge in [-0.3, -0.25) is 9.59 Å². The van der Waals surface area contributed by atoms with E-state index in [-0.39, 0.29) is 30.3 Å². The van der Waals surface area contributed by atoms with E-state index in [1.165, 1.54) is 17.0 Å². The van der Waals surface area contributed by atoms with Crippen molar-refractivity contribution in [2.45, 2.75) is 0 Å². The highest BCUT2D eigenvalue weighted by Gasteiger charge is 2.15. The van der Waals surface area contributed by atoms with E-state index in [0.29, 0.717) is 6.54 Å². The van der Waals surface area contributed by atoms with Gasteiger partial charge in [0.15, 0.2) is 0 Å². The normalized spacial score (nSPS) is 9.81. The molecule has 0 fully saturated rings. The van der Waals surface area contributed by atoms with Gasteiger partial charge in [0.2, 0.25) is 0 Å². The number of amides is 1. The zero-order valence-electron chi connectivity index (χ0n) is 8.72. The topological polar surface area (TPSA) is 86.3 Å². The fourth-order valence-electron chi connectivity index (χ4n) is 1.18. The first-order valence-electron chi connectivity index (χ1n) is 4.75. The molecule has 0 aromatic carbocycles. The molecule has 0 saturated carbocycles. The van der Waals surface area contributed by atoms with Crippen molar-refractivity contribution in [3.63, 3.8) is 0 Å². The highest BCUT2D eigenvalue weighted by Crippen LogP contribution is 1.99. The summed E-state index contributed by atoms with van der Waals surface area (Å²) in [6.07, 6.45) is 1.55. The quantitative estimate of drug-likeness (QED) is 0.652. The average Bonchev–Trinajstić information content (AvgIpc) is 2.29. The van der Waals surface area contributed by atoms with Crippen LogP contribution in [0.3, 0.4) is 0 Å². The lowest BCUT2D eigenvalue weighted by Crippen LogP contribution is -2.34. The third kappa shape index (κ3) is 3.03. The summed E-state index contributed by atoms with van der Waals surface area (Å²) in [7, 11) is 0. The van der Waals surface area contributed by atoms with E-state index >= 15 is 0 Å². The molecule has 0 saturated heterocycles. The van der Waals surface area contributed by atoms with E-state index in [1.54, 1.807) is 6.08 Å². The average molecular weight is 223 g/mol. The van der Waals surface area contributed by atoms with Crippen LogP contribution < -0.4 is 5.56 Å². The number of carbonyl (C=O) groups excluding carboxylic acids is 1. The van der Waals surface area contributed by atoms with Crippen LogP contribution in [0.25, 0.3) is 0 Å². The van der Waals surface area contributed by atoms with Crippen molar-refractivity contribution < 1.29 is 9.90 Å². The number of aliphatic hydroxyl groups is 1. The van der Waals surface area contributed by atoms with Crippen LogP contribution in [0.2, 0.25) is 0 Å². The standard InChI is InChI=1S/C10H13N3O3/c1-2-5-13(6-7-14)10(16)8-3-4-9(15)12-11-8/h2-4,14H,1,5-7H2,(H,12,15). The summed E-state index contributed by atoms with van der Waals surface area (Å²) in [4.78, 5) is 24.0. The molecule has 0 aliphatic rings. The van der Waals surface area contributed by atoms with Crippen LogP contribution in [0.4, 0.5) is 0 Å². The Bertz CT molecular complexity index is 407. The summed E-state index contributed by atoms with van der Waals surface area (Å²) in [5.41, 5.74) is -0.233. The van der Waals surface area contributed by atoms with Crippen LogP contribution in [0.5, 0.6) is 0 Å². The third-order valence-corrected chi connectivity index (χ3v) is 1.90. The van der Waals surface area contributed by atoms with Crippen LogP contribution in [0.1, 0.15) is 10.5 Å². The highest BCUT2D eigenvalue weighted by atomic mass is 16.3. The van der Waals surface area contributed by atoms with Crippen LogP contribution in [0, 0.1) is 0 Å². The van der Waals surface area contributed by atoms with Crippen molar-refractivity contribution in [1.29, 1.82) is 0 Å². The van der Waals surface area contributed by atoms with Gasteiger partial charge in [0, 0.05) is 19.2 Å². The maximum Gasteiger partial charge on any atom is 0.274 e. The van der Waals surface area contributed by atoms with E-state index in [0.717, 1.165) is 0 Å². The molecule has 1 amide bonds. The molecule has 0 unspecified atom stereocenters. The summed E-state index contributed by atoms with van der Waals surface area (Å²) < 4.78 is 0. The molecule has 0 bridgehead atoms. The molecule has 2 N–H and O–H groups in total. The third-order valence-electron chi connectivity index (χ3n) is 1.90. The number of aromatic amines is 1. The van der Waals surface area contributed by atoms with Crippen LogP contribution in [-0.2, 0) is 0 Å². The summed E-state index contributed by atoms with van der Waals surface area (Å²) in [6.45, 7) is 3.90. The molecule has 1 aromatic rings. The Morgan fingerprint density at radius 1 is 1.62 bits per heavy atom. The van der Waals surface area contributed by atoms with Gasteiger partial charge in [-0.05, 0) is 6.07 Å². The Labute approximate surface area is 92.2 Å². The van der Waals surface area contributed by atoms with Crippen molar-refractivity contribution in [3.8, 4) is 0 Å². The monoisotopic (exact) mass is 223 g/mol. The summed E-state index contributed by atoms with van der Waals surface area (Å²) in [5.74, 6) is -0.356. The van der Waals surface area contributed by atoms with Gasteiger partial charge in [0.1, 0.15) is 5.69 Å². The highest BCUT2D eigenvalue weighted by molar-refractivity contribution is 5.92. The van der Waals surface area contributed by atoms with Crippen molar-refractivity contribution >= 4 is 5.91 Å². The zero-order valence-corrected chi connectivity index (χ0v) is 8.72. The molecule has 1 rings (SSSR count). The SMILES string of the molecule is C=CCN(CCO)C(=O)c1ccc(=O)[nH]n1. The molecule has 0 radical (unpaired) electrons. The molecule has 6 heteroatoms. The van der Waals surface area contributed by atoms with Gasteiger partial charge in [-0.25, -0.2) is 5.10 Å². The van der Waals surface area contributed by atoms with Crippen molar-refractivity contribution in [1.82, 2.24) is 15.1 Å². The van der Waals surface area contributed by atoms with E-state index in [1.807, 2.05) is 0 Å². The summed E-state index contributed by atoms with van der Waals surface area (Å²) >= 11 is 0. The van der Waals surface area contributed by atoms with E-state index in [4.69, 9.17) is 5.11 Å². The van der Waals surface area contributed by atoms with E-state index < -0.39 is 0 Å². The fourth-order valence-corrected chi connectivity index (χ4v) is 1.18. The molecule has 86 valence electrons. The number of hydrogen-bond acceptors (Lipinski definition) is 4. The lowest BCUT2D eigenvalue weighted by atomic mass is 10.3. The lowest BCUT2D eigenvalue weighted by molar-refractivity contribution is 0.0735. The molecule has 1 aromatic heterocycles. The number of nitrogens with one attached hydrogen (secondary N) is 1. The number of rotatable bonds is 5. The second-order valence-corrected chi connectivity index (χ2v) is 3.07. The van der Waals surface area contributed by atoms with E-state index in [2.05, 4.69) is 16.8 Å². The van der Waals surface area contributed by atoms with Crippen LogP contribution >= 0.6 is 0 Å². The lowest BCUT2D eigenvalue weighted by Gasteiger charge is -2.18. The van der Waals surface area contributed by atoms with Gasteiger partial charge in [0.25, 0.3) is 11.5 Å². The first-order chi connectivity index (χ1) is 7.69. The van der Waals surface area contributed by atoms with Gasteiger partial charge >= 0.3 is 0 Å². The first kappa shape index (κ1) is 12.1. The van der Waals surface area contributed by atoms with Crippen molar-refractivity contribution in [3.05, 3.63) is 40.8 Å². The number of carbonyl (C=O) groups is 1. The maximum absolute atomic E-state index is 11.8. The molecular formula is C10H13N3O3. The van der Waals surface area contributed by atoms with Gasteiger partial charge < -0.3 is 10.0 Å². The summed E-state index contributed by atoms with van der Waals surface area (Å²) in [5, 5.41) is 14.6. The smallest absolute Gasteiger partial charge is 0.274 e. The first-order valence-corrected chi connectivity index (χ1v) is 4.75. The Balaban J connectivity index is 2.84. The Kier molecular flexibility index (Phi) is 4.41. The van der Waals surface area contributed by atoms with Gasteiger partial charge in [-0.2, -0.15) is 5.10 Å². The Morgan fingerprint density at radius 3 is 2.88 bits per heavy atom. The predicted molar refractivity (Wildman–Crippen MR) is 58.0 cm³/mol. The number of H-pyrrole nitrogens is 1. The fraction of sp³-hybridized carbons (Fsp3) is 0.300. The van der Waals surface area contributed by atoms with Gasteiger partial charge in [-0.15, -0.1) is 6.58 Å². The van der Waals surface area contributed by atoms with Crippen LogP contribution in [0.15, 0.2) is 29.6 Å². The minimum absolute atomic E-state index is 0.134. The summed E-state index contributed by atoms with van der Waals surface area (Å²) in [6, 6.07) is 2.57. The molecule has 1 heterocycles.